The first-order valence-electron chi connectivity index (χ1n) is 11.8. The summed E-state index contributed by atoms with van der Waals surface area (Å²) >= 11 is 0. The first-order chi connectivity index (χ1) is 14.8. The molecule has 2 fully saturated rings. The van der Waals surface area contributed by atoms with Crippen LogP contribution < -0.4 is 10.6 Å². The maximum absolute atomic E-state index is 13.3. The fourth-order valence-electron chi connectivity index (χ4n) is 5.68. The number of nitrogens with one attached hydrogen (secondary N) is 2. The molecule has 1 aromatic carbocycles. The van der Waals surface area contributed by atoms with Crippen molar-refractivity contribution in [1.82, 2.24) is 15.5 Å². The molecule has 3 aliphatic rings. The van der Waals surface area contributed by atoms with Gasteiger partial charge in [-0.15, -0.1) is 0 Å². The van der Waals surface area contributed by atoms with Gasteiger partial charge in [-0.05, 0) is 67.4 Å². The third-order valence-corrected chi connectivity index (χ3v) is 8.06. The Morgan fingerprint density at radius 3 is 2.61 bits per heavy atom. The molecule has 0 aromatic heterocycles. The van der Waals surface area contributed by atoms with Crippen molar-refractivity contribution in [2.45, 2.75) is 83.7 Å². The number of rotatable bonds is 5. The number of carbonyl (C=O) groups excluding carboxylic acids is 3. The zero-order valence-corrected chi connectivity index (χ0v) is 19.0. The molecule has 6 heteroatoms. The van der Waals surface area contributed by atoms with Gasteiger partial charge in [0, 0.05) is 6.04 Å². The molecule has 1 aromatic rings. The fourth-order valence-corrected chi connectivity index (χ4v) is 5.68. The summed E-state index contributed by atoms with van der Waals surface area (Å²) in [5.74, 6) is 0.138. The number of benzene rings is 1. The predicted octanol–water partition coefficient (Wildman–Crippen LogP) is 3.88. The van der Waals surface area contributed by atoms with Gasteiger partial charge in [0.15, 0.2) is 0 Å². The molecule has 2 aliphatic carbocycles. The van der Waals surface area contributed by atoms with Gasteiger partial charge >= 0.3 is 6.03 Å². The third-order valence-electron chi connectivity index (χ3n) is 8.06. The number of aryl methyl sites for hydroxylation is 1. The molecule has 6 nitrogen and oxygen atoms in total. The topological polar surface area (TPSA) is 78.5 Å². The van der Waals surface area contributed by atoms with E-state index in [1.807, 2.05) is 24.3 Å². The van der Waals surface area contributed by atoms with Crippen molar-refractivity contribution in [3.63, 3.8) is 0 Å². The minimum absolute atomic E-state index is 0.126. The summed E-state index contributed by atoms with van der Waals surface area (Å²) in [7, 11) is 0. The van der Waals surface area contributed by atoms with Gasteiger partial charge in [-0.25, -0.2) is 4.79 Å². The second-order valence-corrected chi connectivity index (χ2v) is 10.2. The van der Waals surface area contributed by atoms with Crippen molar-refractivity contribution < 1.29 is 14.4 Å². The summed E-state index contributed by atoms with van der Waals surface area (Å²) in [5.41, 5.74) is 1.29. The van der Waals surface area contributed by atoms with Crippen molar-refractivity contribution in [3.8, 4) is 0 Å². The molecule has 4 amide bonds. The van der Waals surface area contributed by atoms with Crippen molar-refractivity contribution >= 4 is 17.8 Å². The Balaban J connectivity index is 1.38. The minimum atomic E-state index is -1.02. The lowest BCUT2D eigenvalue weighted by Crippen LogP contribution is -2.48. The first kappa shape index (κ1) is 21.8. The van der Waals surface area contributed by atoms with Crippen LogP contribution in [0.1, 0.15) is 76.8 Å². The third kappa shape index (κ3) is 3.97. The summed E-state index contributed by atoms with van der Waals surface area (Å²) in [6, 6.07) is 7.46. The molecular weight excluding hydrogens is 390 g/mol. The Hall–Kier alpha value is -2.37. The number of amides is 4. The summed E-state index contributed by atoms with van der Waals surface area (Å²) in [5, 5.41) is 6.00. The number of nitrogens with zero attached hydrogens (tertiary/aromatic N) is 1. The van der Waals surface area contributed by atoms with Gasteiger partial charge in [0.25, 0.3) is 5.91 Å². The highest BCUT2D eigenvalue weighted by Crippen LogP contribution is 2.41. The van der Waals surface area contributed by atoms with E-state index >= 15 is 0 Å². The van der Waals surface area contributed by atoms with Gasteiger partial charge in [0.2, 0.25) is 5.91 Å². The first-order valence-corrected chi connectivity index (χ1v) is 11.8. The summed E-state index contributed by atoms with van der Waals surface area (Å²) in [6.45, 7) is 6.68. The van der Waals surface area contributed by atoms with Gasteiger partial charge in [0.05, 0.1) is 0 Å². The van der Waals surface area contributed by atoms with E-state index in [1.54, 1.807) is 0 Å². The molecule has 1 heterocycles. The maximum Gasteiger partial charge on any atom is 0.325 e. The van der Waals surface area contributed by atoms with Crippen LogP contribution in [0.3, 0.4) is 0 Å². The van der Waals surface area contributed by atoms with Gasteiger partial charge in [-0.3, -0.25) is 14.5 Å². The number of fused-ring (bicyclic) bond motifs is 2. The lowest BCUT2D eigenvalue weighted by atomic mass is 9.69. The van der Waals surface area contributed by atoms with Gasteiger partial charge in [-0.2, -0.15) is 0 Å². The average molecular weight is 426 g/mol. The highest BCUT2D eigenvalue weighted by Gasteiger charge is 2.54. The van der Waals surface area contributed by atoms with Crippen LogP contribution >= 0.6 is 0 Å². The van der Waals surface area contributed by atoms with E-state index < -0.39 is 11.6 Å². The molecule has 1 atom stereocenters. The zero-order valence-electron chi connectivity index (χ0n) is 19.0. The van der Waals surface area contributed by atoms with Crippen LogP contribution in [0.5, 0.6) is 0 Å². The highest BCUT2D eigenvalue weighted by atomic mass is 16.2. The molecule has 2 N–H and O–H groups in total. The van der Waals surface area contributed by atoms with E-state index in [0.717, 1.165) is 61.0 Å². The quantitative estimate of drug-likeness (QED) is 0.703. The number of hydrogen-bond acceptors (Lipinski definition) is 3. The number of hydrogen-bond donors (Lipinski definition) is 2. The van der Waals surface area contributed by atoms with Crippen molar-refractivity contribution in [2.24, 2.45) is 11.3 Å². The molecule has 168 valence electrons. The Labute approximate surface area is 185 Å². The van der Waals surface area contributed by atoms with Crippen LogP contribution in [0.25, 0.3) is 0 Å². The fraction of sp³-hybridized carbons (Fsp3) is 0.640. The molecule has 1 aliphatic heterocycles. The molecule has 0 unspecified atom stereocenters. The Bertz CT molecular complexity index is 873. The molecular formula is C25H35N3O3. The molecule has 1 saturated heterocycles. The van der Waals surface area contributed by atoms with E-state index in [1.165, 1.54) is 0 Å². The summed E-state index contributed by atoms with van der Waals surface area (Å²) in [6.07, 6.45) is 7.59. The Morgan fingerprint density at radius 2 is 1.90 bits per heavy atom. The second kappa shape index (κ2) is 8.29. The normalized spacial score (nSPS) is 28.4. The smallest absolute Gasteiger partial charge is 0.325 e. The van der Waals surface area contributed by atoms with E-state index in [4.69, 9.17) is 0 Å². The van der Waals surface area contributed by atoms with Gasteiger partial charge in [0.1, 0.15) is 12.1 Å². The van der Waals surface area contributed by atoms with Crippen LogP contribution in [-0.4, -0.2) is 35.3 Å². The second-order valence-electron chi connectivity index (χ2n) is 10.2. The Morgan fingerprint density at radius 1 is 1.19 bits per heavy atom. The summed E-state index contributed by atoms with van der Waals surface area (Å²) in [4.78, 5) is 39.9. The van der Waals surface area contributed by atoms with E-state index in [0.29, 0.717) is 17.8 Å². The molecule has 0 bridgehead atoms. The Kier molecular flexibility index (Phi) is 5.84. The van der Waals surface area contributed by atoms with Crippen molar-refractivity contribution in [2.75, 3.05) is 6.54 Å². The molecule has 1 spiro atoms. The summed E-state index contributed by atoms with van der Waals surface area (Å²) < 4.78 is 0. The van der Waals surface area contributed by atoms with Crippen molar-refractivity contribution in [1.29, 1.82) is 0 Å². The standard InChI is InChI=1S/C25H35N3O3/c1-4-24(2,3)18-11-13-19(14-12-18)26-21(29)16-28-22(30)25(27-23(28)31)15-7-9-17-8-5-6-10-20(17)25/h5-6,8,10,18-19H,4,7,9,11-16H2,1-3H3,(H,26,29)(H,27,31)/t18?,19?,25-/m0/s1. The van der Waals surface area contributed by atoms with Gasteiger partial charge in [-0.1, -0.05) is 51.5 Å². The molecule has 4 rings (SSSR count). The SMILES string of the molecule is CCC(C)(C)C1CCC(NC(=O)CN2C(=O)N[C@]3(CCCc4ccccc43)C2=O)CC1. The number of urea groups is 1. The lowest BCUT2D eigenvalue weighted by Gasteiger charge is -2.39. The van der Waals surface area contributed by atoms with E-state index in [-0.39, 0.29) is 24.4 Å². The number of carbonyl (C=O) groups is 3. The van der Waals surface area contributed by atoms with Crippen LogP contribution in [0.4, 0.5) is 4.79 Å². The predicted molar refractivity (Wildman–Crippen MR) is 119 cm³/mol. The van der Waals surface area contributed by atoms with E-state index in [9.17, 15) is 14.4 Å². The van der Waals surface area contributed by atoms with Crippen LogP contribution in [0, 0.1) is 11.3 Å². The monoisotopic (exact) mass is 425 g/mol. The van der Waals surface area contributed by atoms with Gasteiger partial charge < -0.3 is 10.6 Å². The zero-order chi connectivity index (χ0) is 22.2. The molecule has 0 radical (unpaired) electrons. The molecule has 31 heavy (non-hydrogen) atoms. The van der Waals surface area contributed by atoms with Crippen LogP contribution in [-0.2, 0) is 21.5 Å². The van der Waals surface area contributed by atoms with E-state index in [2.05, 4.69) is 31.4 Å². The number of imide groups is 1. The minimum Gasteiger partial charge on any atom is -0.352 e. The lowest BCUT2D eigenvalue weighted by molar-refractivity contribution is -0.136. The average Bonchev–Trinajstić information content (AvgIpc) is 2.99. The van der Waals surface area contributed by atoms with Crippen LogP contribution in [0.15, 0.2) is 24.3 Å². The largest absolute Gasteiger partial charge is 0.352 e. The van der Waals surface area contributed by atoms with Crippen molar-refractivity contribution in [3.05, 3.63) is 35.4 Å². The maximum atomic E-state index is 13.3. The van der Waals surface area contributed by atoms with Crippen LogP contribution in [0.2, 0.25) is 0 Å². The molecule has 1 saturated carbocycles. The highest BCUT2D eigenvalue weighted by molar-refractivity contribution is 6.09.